The molecule has 22 heavy (non-hydrogen) atoms. The lowest BCUT2D eigenvalue weighted by molar-refractivity contribution is 0.0995. The molecule has 1 amide bonds. The largest absolute Gasteiger partial charge is 0.444 e. The summed E-state index contributed by atoms with van der Waals surface area (Å²) in [6, 6.07) is 8.95. The van der Waals surface area contributed by atoms with E-state index in [1.165, 1.54) is 19.3 Å². The van der Waals surface area contributed by atoms with E-state index in [2.05, 4.69) is 26.1 Å². The van der Waals surface area contributed by atoms with E-state index in [0.29, 0.717) is 10.4 Å². The Morgan fingerprint density at radius 1 is 1.18 bits per heavy atom. The number of nitrogens with one attached hydrogen (secondary N) is 1. The lowest BCUT2D eigenvalue weighted by atomic mass is 10.1. The molecule has 3 rings (SSSR count). The minimum atomic E-state index is -0.283. The fourth-order valence-corrected chi connectivity index (χ4v) is 2.99. The van der Waals surface area contributed by atoms with Gasteiger partial charge < -0.3 is 20.4 Å². The molecule has 1 aliphatic heterocycles. The number of nitrogen functional groups attached to an aromatic ring is 1. The van der Waals surface area contributed by atoms with E-state index in [1.807, 2.05) is 12.1 Å². The zero-order valence-corrected chi connectivity index (χ0v) is 13.7. The molecule has 0 bridgehead atoms. The number of nitrogens with zero attached hydrogens (tertiary/aromatic N) is 1. The highest BCUT2D eigenvalue weighted by atomic mass is 79.9. The lowest BCUT2D eigenvalue weighted by Crippen LogP contribution is -2.30. The average molecular weight is 364 g/mol. The molecule has 3 N–H and O–H groups in total. The van der Waals surface area contributed by atoms with Crippen molar-refractivity contribution in [3.05, 3.63) is 40.8 Å². The van der Waals surface area contributed by atoms with Crippen LogP contribution in [0.1, 0.15) is 29.8 Å². The van der Waals surface area contributed by atoms with E-state index in [4.69, 9.17) is 10.2 Å². The van der Waals surface area contributed by atoms with Gasteiger partial charge in [-0.1, -0.05) is 0 Å². The summed E-state index contributed by atoms with van der Waals surface area (Å²) >= 11 is 3.20. The van der Waals surface area contributed by atoms with Crippen molar-refractivity contribution in [3.8, 4) is 0 Å². The summed E-state index contributed by atoms with van der Waals surface area (Å²) in [4.78, 5) is 14.6. The van der Waals surface area contributed by atoms with Gasteiger partial charge in [-0.2, -0.15) is 0 Å². The number of rotatable bonds is 3. The number of halogens is 1. The summed E-state index contributed by atoms with van der Waals surface area (Å²) in [6.07, 6.45) is 3.60. The molecule has 0 aliphatic carbocycles. The summed E-state index contributed by atoms with van der Waals surface area (Å²) in [5.41, 5.74) is 8.23. The zero-order valence-electron chi connectivity index (χ0n) is 12.1. The van der Waals surface area contributed by atoms with Crippen molar-refractivity contribution in [1.29, 1.82) is 0 Å². The molecule has 2 heterocycles. The van der Waals surface area contributed by atoms with Crippen molar-refractivity contribution in [2.75, 3.05) is 29.0 Å². The first-order chi connectivity index (χ1) is 10.6. The zero-order chi connectivity index (χ0) is 15.5. The predicted octanol–water partition coefficient (Wildman–Crippen LogP) is 3.87. The number of hydrogen-bond acceptors (Lipinski definition) is 4. The number of piperidine rings is 1. The van der Waals surface area contributed by atoms with Crippen LogP contribution in [0.25, 0.3) is 0 Å². The van der Waals surface area contributed by atoms with Crippen molar-refractivity contribution in [2.24, 2.45) is 0 Å². The average Bonchev–Trinajstić information content (AvgIpc) is 2.95. The summed E-state index contributed by atoms with van der Waals surface area (Å²) in [5, 5.41) is 2.90. The highest BCUT2D eigenvalue weighted by molar-refractivity contribution is 9.10. The first kappa shape index (κ1) is 15.0. The maximum absolute atomic E-state index is 12.3. The monoisotopic (exact) mass is 363 g/mol. The third-order valence-electron chi connectivity index (χ3n) is 3.76. The Bertz CT molecular complexity index is 678. The Morgan fingerprint density at radius 2 is 1.95 bits per heavy atom. The molecule has 0 saturated carbocycles. The van der Waals surface area contributed by atoms with Crippen molar-refractivity contribution in [3.63, 3.8) is 0 Å². The third-order valence-corrected chi connectivity index (χ3v) is 4.19. The topological polar surface area (TPSA) is 71.5 Å². The number of amides is 1. The first-order valence-electron chi connectivity index (χ1n) is 7.34. The van der Waals surface area contributed by atoms with Gasteiger partial charge in [0.1, 0.15) is 0 Å². The summed E-state index contributed by atoms with van der Waals surface area (Å²) in [7, 11) is 0. The van der Waals surface area contributed by atoms with Crippen LogP contribution in [-0.4, -0.2) is 19.0 Å². The van der Waals surface area contributed by atoms with Gasteiger partial charge in [-0.25, -0.2) is 0 Å². The van der Waals surface area contributed by atoms with E-state index in [0.717, 1.165) is 24.5 Å². The smallest absolute Gasteiger partial charge is 0.291 e. The molecule has 2 aromatic rings. The highest BCUT2D eigenvalue weighted by Gasteiger charge is 2.18. The molecular weight excluding hydrogens is 346 g/mol. The van der Waals surface area contributed by atoms with Crippen LogP contribution in [0.2, 0.25) is 0 Å². The quantitative estimate of drug-likeness (QED) is 0.812. The highest BCUT2D eigenvalue weighted by Crippen LogP contribution is 2.31. The van der Waals surface area contributed by atoms with Crippen LogP contribution >= 0.6 is 15.9 Å². The maximum atomic E-state index is 12.3. The molecule has 1 aliphatic rings. The number of carbonyl (C=O) groups excluding carboxylic acids is 1. The van der Waals surface area contributed by atoms with E-state index >= 15 is 0 Å². The second-order valence-electron chi connectivity index (χ2n) is 5.38. The number of nitrogens with two attached hydrogens (primary N) is 1. The van der Waals surface area contributed by atoms with E-state index in [9.17, 15) is 4.79 Å². The molecule has 1 saturated heterocycles. The van der Waals surface area contributed by atoms with Crippen molar-refractivity contribution in [2.45, 2.75) is 19.3 Å². The van der Waals surface area contributed by atoms with Crippen LogP contribution < -0.4 is 16.0 Å². The Labute approximate surface area is 137 Å². The molecule has 0 unspecified atom stereocenters. The fourth-order valence-electron chi connectivity index (χ4n) is 2.68. The Hall–Kier alpha value is -1.95. The molecule has 1 aromatic carbocycles. The Kier molecular flexibility index (Phi) is 4.38. The van der Waals surface area contributed by atoms with Gasteiger partial charge in [0.05, 0.1) is 11.4 Å². The van der Waals surface area contributed by atoms with Gasteiger partial charge in [0.15, 0.2) is 10.4 Å². The van der Waals surface area contributed by atoms with Gasteiger partial charge in [0.2, 0.25) is 0 Å². The first-order valence-corrected chi connectivity index (χ1v) is 8.14. The predicted molar refractivity (Wildman–Crippen MR) is 91.3 cm³/mol. The van der Waals surface area contributed by atoms with Gasteiger partial charge in [-0.3, -0.25) is 4.79 Å². The minimum Gasteiger partial charge on any atom is -0.444 e. The van der Waals surface area contributed by atoms with Gasteiger partial charge in [0, 0.05) is 18.8 Å². The fraction of sp³-hybridized carbons (Fsp3) is 0.312. The van der Waals surface area contributed by atoms with Gasteiger partial charge >= 0.3 is 0 Å². The molecule has 5 nitrogen and oxygen atoms in total. The van der Waals surface area contributed by atoms with E-state index < -0.39 is 0 Å². The Morgan fingerprint density at radius 3 is 2.64 bits per heavy atom. The molecule has 0 atom stereocenters. The van der Waals surface area contributed by atoms with Crippen LogP contribution in [0.3, 0.4) is 0 Å². The number of hydrogen-bond donors (Lipinski definition) is 2. The standard InChI is InChI=1S/C16H18BrN3O2/c17-15-7-6-14(22-15)16(21)19-12-10-11(18)4-5-13(12)20-8-2-1-3-9-20/h4-7,10H,1-3,8-9,18H2,(H,19,21). The number of carbonyl (C=O) groups is 1. The van der Waals surface area contributed by atoms with E-state index in [1.54, 1.807) is 18.2 Å². The maximum Gasteiger partial charge on any atom is 0.291 e. The molecule has 0 radical (unpaired) electrons. The van der Waals surface area contributed by atoms with Crippen LogP contribution in [0, 0.1) is 0 Å². The number of benzene rings is 1. The van der Waals surface area contributed by atoms with Crippen LogP contribution in [0.5, 0.6) is 0 Å². The Balaban J connectivity index is 1.85. The van der Waals surface area contributed by atoms with Crippen LogP contribution in [-0.2, 0) is 0 Å². The minimum absolute atomic E-state index is 0.263. The molecule has 1 fully saturated rings. The SMILES string of the molecule is Nc1ccc(N2CCCCC2)c(NC(=O)c2ccc(Br)o2)c1. The van der Waals surface area contributed by atoms with Crippen LogP contribution in [0.4, 0.5) is 17.1 Å². The summed E-state index contributed by atoms with van der Waals surface area (Å²) in [5.74, 6) is -0.0200. The number of furan rings is 1. The van der Waals surface area contributed by atoms with Crippen molar-refractivity contribution < 1.29 is 9.21 Å². The second kappa shape index (κ2) is 6.44. The van der Waals surface area contributed by atoms with Gasteiger partial charge in [-0.05, 0) is 65.5 Å². The third kappa shape index (κ3) is 3.27. The van der Waals surface area contributed by atoms with Gasteiger partial charge in [-0.15, -0.1) is 0 Å². The van der Waals surface area contributed by atoms with E-state index in [-0.39, 0.29) is 11.7 Å². The van der Waals surface area contributed by atoms with Crippen molar-refractivity contribution in [1.82, 2.24) is 0 Å². The lowest BCUT2D eigenvalue weighted by Gasteiger charge is -2.30. The normalized spacial score (nSPS) is 14.9. The van der Waals surface area contributed by atoms with Gasteiger partial charge in [0.25, 0.3) is 5.91 Å². The summed E-state index contributed by atoms with van der Waals surface area (Å²) in [6.45, 7) is 2.00. The molecular formula is C16H18BrN3O2. The second-order valence-corrected chi connectivity index (χ2v) is 6.16. The molecule has 1 aromatic heterocycles. The van der Waals surface area contributed by atoms with Crippen LogP contribution in [0.15, 0.2) is 39.4 Å². The molecule has 6 heteroatoms. The molecule has 0 spiro atoms. The summed E-state index contributed by atoms with van der Waals surface area (Å²) < 4.78 is 5.82. The number of anilines is 3. The molecule has 116 valence electrons. The van der Waals surface area contributed by atoms with Crippen molar-refractivity contribution >= 4 is 38.9 Å².